The molecule has 3 aliphatic carbocycles. The van der Waals surface area contributed by atoms with Crippen LogP contribution in [0.1, 0.15) is 51.6 Å². The van der Waals surface area contributed by atoms with Crippen LogP contribution in [-0.2, 0) is 0 Å². The van der Waals surface area contributed by atoms with Gasteiger partial charge in [-0.05, 0) is 38.8 Å². The number of nitrogens with zero attached hydrogens (tertiary/aromatic N) is 3. The summed E-state index contributed by atoms with van der Waals surface area (Å²) in [5.74, 6) is 0. The number of hydrogen-bond donors (Lipinski definition) is 0. The van der Waals surface area contributed by atoms with E-state index in [0.29, 0.717) is 5.69 Å². The Morgan fingerprint density at radius 3 is 1.78 bits per heavy atom. The molecule has 2 bridgehead atoms. The fourth-order valence-corrected chi connectivity index (χ4v) is 7.07. The number of aromatic nitrogens is 3. The first-order chi connectivity index (χ1) is 13.1. The largest absolute Gasteiger partial charge is 0.352 e. The third-order valence-corrected chi connectivity index (χ3v) is 8.12. The molecule has 0 amide bonds. The standard InChI is InChI=1S/C22H23N3O2/c1-14-15(2)22-13-7-6-12-21(14,22)17-10-11-18(22)25-20(27)23(19(26)24(17)25)16-8-4-3-5-9-16/h3-5,8-11,17-18H,6-7,12-13H2,1-2H3/t17-,18-,21+,22+/m1/s1. The molecule has 1 aromatic carbocycles. The number of benzene rings is 1. The molecule has 7 rings (SSSR count). The predicted molar refractivity (Wildman–Crippen MR) is 103 cm³/mol. The zero-order chi connectivity index (χ0) is 18.6. The third-order valence-electron chi connectivity index (χ3n) is 8.12. The maximum absolute atomic E-state index is 13.4. The average molecular weight is 361 g/mol. The van der Waals surface area contributed by atoms with Gasteiger partial charge in [-0.2, -0.15) is 0 Å². The van der Waals surface area contributed by atoms with Crippen LogP contribution in [0.25, 0.3) is 5.69 Å². The second-order valence-corrected chi connectivity index (χ2v) is 8.60. The first kappa shape index (κ1) is 15.5. The van der Waals surface area contributed by atoms with E-state index in [0.717, 1.165) is 12.8 Å². The molecule has 1 fully saturated rings. The Balaban J connectivity index is 1.69. The molecule has 2 aliphatic heterocycles. The fraction of sp³-hybridized carbons (Fsp3) is 0.455. The van der Waals surface area contributed by atoms with Crippen LogP contribution in [0.2, 0.25) is 0 Å². The highest BCUT2D eigenvalue weighted by Crippen LogP contribution is 2.78. The van der Waals surface area contributed by atoms with Crippen molar-refractivity contribution in [3.63, 3.8) is 0 Å². The van der Waals surface area contributed by atoms with Crippen molar-refractivity contribution in [2.75, 3.05) is 0 Å². The molecular formula is C22H23N3O2. The van der Waals surface area contributed by atoms with Crippen LogP contribution in [0, 0.1) is 10.8 Å². The van der Waals surface area contributed by atoms with Crippen molar-refractivity contribution in [3.05, 3.63) is 74.6 Å². The molecule has 5 heteroatoms. The normalized spacial score (nSPS) is 35.5. The van der Waals surface area contributed by atoms with Gasteiger partial charge in [-0.1, -0.05) is 54.3 Å². The Morgan fingerprint density at radius 2 is 1.30 bits per heavy atom. The Labute approximate surface area is 157 Å². The van der Waals surface area contributed by atoms with Crippen molar-refractivity contribution in [2.45, 2.75) is 51.6 Å². The number of hydrogen-bond acceptors (Lipinski definition) is 2. The summed E-state index contributed by atoms with van der Waals surface area (Å²) in [7, 11) is 0. The summed E-state index contributed by atoms with van der Waals surface area (Å²) < 4.78 is 4.88. The van der Waals surface area contributed by atoms with E-state index < -0.39 is 0 Å². The van der Waals surface area contributed by atoms with E-state index in [-0.39, 0.29) is 34.3 Å². The lowest BCUT2D eigenvalue weighted by molar-refractivity contribution is -0.104. The van der Waals surface area contributed by atoms with Crippen molar-refractivity contribution in [1.29, 1.82) is 0 Å². The van der Waals surface area contributed by atoms with Crippen LogP contribution >= 0.6 is 0 Å². The Morgan fingerprint density at radius 1 is 0.815 bits per heavy atom. The Bertz CT molecular complexity index is 1090. The quantitative estimate of drug-likeness (QED) is 0.731. The molecule has 2 aromatic rings. The van der Waals surface area contributed by atoms with Gasteiger partial charge in [-0.15, -0.1) is 0 Å². The molecule has 4 atom stereocenters. The van der Waals surface area contributed by atoms with Crippen LogP contribution in [0.4, 0.5) is 0 Å². The highest BCUT2D eigenvalue weighted by Gasteiger charge is 2.72. The van der Waals surface area contributed by atoms with Crippen LogP contribution < -0.4 is 11.4 Å². The lowest BCUT2D eigenvalue weighted by atomic mass is 9.35. The van der Waals surface area contributed by atoms with Gasteiger partial charge in [0.2, 0.25) is 0 Å². The molecule has 5 nitrogen and oxygen atoms in total. The minimum absolute atomic E-state index is 0.00783. The van der Waals surface area contributed by atoms with Crippen molar-refractivity contribution in [2.24, 2.45) is 10.8 Å². The van der Waals surface area contributed by atoms with E-state index in [1.54, 1.807) is 9.36 Å². The summed E-state index contributed by atoms with van der Waals surface area (Å²) in [5.41, 5.74) is 3.13. The first-order valence-corrected chi connectivity index (χ1v) is 9.94. The molecule has 138 valence electrons. The maximum Gasteiger partial charge on any atom is 0.352 e. The van der Waals surface area contributed by atoms with Crippen molar-refractivity contribution < 1.29 is 0 Å². The summed E-state index contributed by atoms with van der Waals surface area (Å²) in [5, 5.41) is 0. The zero-order valence-corrected chi connectivity index (χ0v) is 15.7. The van der Waals surface area contributed by atoms with Gasteiger partial charge in [-0.25, -0.2) is 23.5 Å². The summed E-state index contributed by atoms with van der Waals surface area (Å²) in [6.07, 6.45) is 9.00. The minimum atomic E-state index is -0.212. The van der Waals surface area contributed by atoms with E-state index in [1.165, 1.54) is 28.6 Å². The fourth-order valence-electron chi connectivity index (χ4n) is 7.07. The average Bonchev–Trinajstić information content (AvgIpc) is 2.99. The SMILES string of the molecule is CC1=C(C)[C@]23CCCC[C@@]12[C@H]1C=C[C@H]3n2c(=O)n(-c3ccccc3)c(=O)n21. The number of para-hydroxylation sites is 1. The molecule has 1 saturated carbocycles. The summed E-state index contributed by atoms with van der Waals surface area (Å²) in [4.78, 5) is 26.8. The van der Waals surface area contributed by atoms with E-state index in [2.05, 4.69) is 26.0 Å². The van der Waals surface area contributed by atoms with Crippen molar-refractivity contribution >= 4 is 0 Å². The summed E-state index contributed by atoms with van der Waals surface area (Å²) in [6.45, 7) is 4.49. The smallest absolute Gasteiger partial charge is 0.245 e. The van der Waals surface area contributed by atoms with Crippen LogP contribution in [0.15, 0.2) is 63.2 Å². The maximum atomic E-state index is 13.4. The van der Waals surface area contributed by atoms with Gasteiger partial charge in [0.15, 0.2) is 0 Å². The highest BCUT2D eigenvalue weighted by molar-refractivity contribution is 5.51. The van der Waals surface area contributed by atoms with Gasteiger partial charge in [0.25, 0.3) is 0 Å². The molecule has 1 aromatic heterocycles. The second kappa shape index (κ2) is 4.64. The second-order valence-electron chi connectivity index (χ2n) is 8.60. The predicted octanol–water partition coefficient (Wildman–Crippen LogP) is 3.36. The van der Waals surface area contributed by atoms with E-state index >= 15 is 0 Å². The molecule has 0 unspecified atom stereocenters. The van der Waals surface area contributed by atoms with Gasteiger partial charge in [0.1, 0.15) is 0 Å². The van der Waals surface area contributed by atoms with Crippen molar-refractivity contribution in [1.82, 2.24) is 13.9 Å². The number of allylic oxidation sites excluding steroid dienone is 4. The molecule has 27 heavy (non-hydrogen) atoms. The lowest BCUT2D eigenvalue weighted by Crippen LogP contribution is -2.68. The molecule has 0 saturated heterocycles. The molecule has 5 aliphatic rings. The molecular weight excluding hydrogens is 338 g/mol. The van der Waals surface area contributed by atoms with Crippen LogP contribution in [0.3, 0.4) is 0 Å². The van der Waals surface area contributed by atoms with Crippen molar-refractivity contribution in [3.8, 4) is 5.69 Å². The van der Waals surface area contributed by atoms with E-state index in [1.807, 2.05) is 30.3 Å². The molecule has 0 spiro atoms. The first-order valence-electron chi connectivity index (χ1n) is 9.94. The minimum Gasteiger partial charge on any atom is -0.245 e. The lowest BCUT2D eigenvalue weighted by Gasteiger charge is -2.71. The van der Waals surface area contributed by atoms with Gasteiger partial charge < -0.3 is 0 Å². The molecule has 0 radical (unpaired) electrons. The summed E-state index contributed by atoms with van der Waals surface area (Å²) >= 11 is 0. The van der Waals surface area contributed by atoms with Crippen LogP contribution in [-0.4, -0.2) is 13.9 Å². The monoisotopic (exact) mass is 361 g/mol. The zero-order valence-electron chi connectivity index (χ0n) is 15.7. The van der Waals surface area contributed by atoms with Crippen LogP contribution in [0.5, 0.6) is 0 Å². The van der Waals surface area contributed by atoms with Gasteiger partial charge >= 0.3 is 11.4 Å². The third kappa shape index (κ3) is 1.38. The molecule has 0 N–H and O–H groups in total. The van der Waals surface area contributed by atoms with E-state index in [9.17, 15) is 9.59 Å². The highest BCUT2D eigenvalue weighted by atomic mass is 16.2. The Hall–Kier alpha value is -2.56. The Kier molecular flexibility index (Phi) is 2.66. The number of rotatable bonds is 1. The summed E-state index contributed by atoms with van der Waals surface area (Å²) in [6, 6.07) is 9.18. The van der Waals surface area contributed by atoms with E-state index in [4.69, 9.17) is 0 Å². The van der Waals surface area contributed by atoms with Gasteiger partial charge in [0, 0.05) is 10.8 Å². The molecule has 3 heterocycles. The van der Waals surface area contributed by atoms with Gasteiger partial charge in [-0.3, -0.25) is 0 Å². The van der Waals surface area contributed by atoms with Gasteiger partial charge in [0.05, 0.1) is 17.8 Å². The topological polar surface area (TPSA) is 48.9 Å².